The van der Waals surface area contributed by atoms with E-state index in [0.29, 0.717) is 0 Å². The average molecular weight is 284 g/mol. The molecule has 0 atom stereocenters. The second-order valence-electron chi connectivity index (χ2n) is 4.84. The normalized spacial score (nSPS) is 12.7. The summed E-state index contributed by atoms with van der Waals surface area (Å²) in [6.07, 6.45) is 0.897. The summed E-state index contributed by atoms with van der Waals surface area (Å²) in [5, 5.41) is 10.6. The van der Waals surface area contributed by atoms with Crippen molar-refractivity contribution >= 4 is 23.5 Å². The Balaban J connectivity index is 3.02. The lowest BCUT2D eigenvalue weighted by atomic mass is 9.97. The molecule has 102 valence electrons. The van der Waals surface area contributed by atoms with E-state index in [1.54, 1.807) is 0 Å². The van der Waals surface area contributed by atoms with E-state index in [1.165, 1.54) is 5.56 Å². The highest BCUT2D eigenvalue weighted by Crippen LogP contribution is 2.47. The van der Waals surface area contributed by atoms with E-state index in [-0.39, 0.29) is 4.08 Å². The van der Waals surface area contributed by atoms with Gasteiger partial charge in [-0.05, 0) is 37.3 Å². The maximum Gasteiger partial charge on any atom is 0.0930 e. The first-order valence-electron chi connectivity index (χ1n) is 6.49. The smallest absolute Gasteiger partial charge is 0.0930 e. The van der Waals surface area contributed by atoms with Crippen molar-refractivity contribution in [2.75, 3.05) is 11.5 Å². The van der Waals surface area contributed by atoms with Gasteiger partial charge >= 0.3 is 0 Å². The van der Waals surface area contributed by atoms with Crippen LogP contribution in [0.25, 0.3) is 0 Å². The summed E-state index contributed by atoms with van der Waals surface area (Å²) in [7, 11) is 0. The fourth-order valence-electron chi connectivity index (χ4n) is 2.04. The predicted molar refractivity (Wildman–Crippen MR) is 85.4 cm³/mol. The molecule has 0 fully saturated rings. The van der Waals surface area contributed by atoms with Gasteiger partial charge < -0.3 is 5.11 Å². The third-order valence-corrected chi connectivity index (χ3v) is 6.47. The standard InChI is InChI=1S/C15H24OS2/c1-5-17-15(18-6-2,14(3,4)16)12-13-10-8-7-9-11-13/h7-11,16H,5-6,12H2,1-4H3. The number of thioether (sulfide) groups is 2. The molecule has 1 rings (SSSR count). The maximum atomic E-state index is 10.6. The lowest BCUT2D eigenvalue weighted by Gasteiger charge is -2.42. The van der Waals surface area contributed by atoms with Gasteiger partial charge in [0.15, 0.2) is 0 Å². The Hall–Kier alpha value is -0.120. The predicted octanol–water partition coefficient (Wildman–Crippen LogP) is 4.20. The Morgan fingerprint density at radius 1 is 1.00 bits per heavy atom. The van der Waals surface area contributed by atoms with Crippen molar-refractivity contribution in [2.45, 2.75) is 43.8 Å². The van der Waals surface area contributed by atoms with Crippen molar-refractivity contribution in [3.63, 3.8) is 0 Å². The fourth-order valence-corrected chi connectivity index (χ4v) is 5.26. The van der Waals surface area contributed by atoms with Crippen molar-refractivity contribution < 1.29 is 5.11 Å². The first kappa shape index (κ1) is 15.9. The largest absolute Gasteiger partial charge is 0.388 e. The van der Waals surface area contributed by atoms with Crippen LogP contribution < -0.4 is 0 Å². The van der Waals surface area contributed by atoms with Crippen molar-refractivity contribution in [1.82, 2.24) is 0 Å². The topological polar surface area (TPSA) is 20.2 Å². The van der Waals surface area contributed by atoms with Gasteiger partial charge in [0, 0.05) is 0 Å². The monoisotopic (exact) mass is 284 g/mol. The van der Waals surface area contributed by atoms with Crippen LogP contribution in [-0.2, 0) is 6.42 Å². The Labute approximate surface area is 120 Å². The summed E-state index contributed by atoms with van der Waals surface area (Å²) < 4.78 is -0.169. The Kier molecular flexibility index (Phi) is 6.09. The Bertz CT molecular complexity index is 337. The van der Waals surface area contributed by atoms with E-state index in [0.717, 1.165) is 17.9 Å². The summed E-state index contributed by atoms with van der Waals surface area (Å²) in [5.41, 5.74) is 0.589. The molecule has 0 bridgehead atoms. The van der Waals surface area contributed by atoms with Gasteiger partial charge in [0.25, 0.3) is 0 Å². The van der Waals surface area contributed by atoms with Crippen LogP contribution in [0.3, 0.4) is 0 Å². The summed E-state index contributed by atoms with van der Waals surface area (Å²) in [6, 6.07) is 10.5. The molecule has 1 aromatic rings. The molecule has 0 aromatic heterocycles. The van der Waals surface area contributed by atoms with Crippen LogP contribution in [-0.4, -0.2) is 26.3 Å². The Morgan fingerprint density at radius 3 is 1.89 bits per heavy atom. The van der Waals surface area contributed by atoms with Gasteiger partial charge in [-0.1, -0.05) is 44.2 Å². The lowest BCUT2D eigenvalue weighted by Crippen LogP contribution is -2.46. The third kappa shape index (κ3) is 3.94. The molecule has 0 aliphatic rings. The van der Waals surface area contributed by atoms with Crippen molar-refractivity contribution in [3.05, 3.63) is 35.9 Å². The molecule has 0 unspecified atom stereocenters. The minimum Gasteiger partial charge on any atom is -0.388 e. The average Bonchev–Trinajstić information content (AvgIpc) is 2.29. The minimum absolute atomic E-state index is 0.169. The highest BCUT2D eigenvalue weighted by atomic mass is 32.2. The zero-order valence-electron chi connectivity index (χ0n) is 11.8. The van der Waals surface area contributed by atoms with Crippen LogP contribution in [0.4, 0.5) is 0 Å². The van der Waals surface area contributed by atoms with Crippen LogP contribution in [0.2, 0.25) is 0 Å². The quantitative estimate of drug-likeness (QED) is 0.758. The third-order valence-electron chi connectivity index (χ3n) is 2.97. The van der Waals surface area contributed by atoms with Crippen molar-refractivity contribution in [2.24, 2.45) is 0 Å². The second kappa shape index (κ2) is 6.88. The second-order valence-corrected chi connectivity index (χ2v) is 8.22. The molecule has 0 saturated heterocycles. The summed E-state index contributed by atoms with van der Waals surface area (Å²) >= 11 is 3.73. The molecule has 0 amide bonds. The zero-order valence-corrected chi connectivity index (χ0v) is 13.4. The fraction of sp³-hybridized carbons (Fsp3) is 0.600. The molecule has 0 aliphatic carbocycles. The van der Waals surface area contributed by atoms with E-state index >= 15 is 0 Å². The highest BCUT2D eigenvalue weighted by molar-refractivity contribution is 8.18. The van der Waals surface area contributed by atoms with Crippen LogP contribution in [0.1, 0.15) is 33.3 Å². The first-order valence-corrected chi connectivity index (χ1v) is 8.46. The molecule has 0 spiro atoms. The highest BCUT2D eigenvalue weighted by Gasteiger charge is 2.44. The molecule has 0 saturated carbocycles. The number of hydrogen-bond acceptors (Lipinski definition) is 3. The number of rotatable bonds is 7. The van der Waals surface area contributed by atoms with E-state index < -0.39 is 5.60 Å². The minimum atomic E-state index is -0.704. The molecule has 1 N–H and O–H groups in total. The first-order chi connectivity index (χ1) is 8.45. The molecule has 0 radical (unpaired) electrons. The van der Waals surface area contributed by atoms with Crippen molar-refractivity contribution in [1.29, 1.82) is 0 Å². The molecule has 3 heteroatoms. The molecular formula is C15H24OS2. The van der Waals surface area contributed by atoms with Crippen LogP contribution in [0.15, 0.2) is 30.3 Å². The van der Waals surface area contributed by atoms with Gasteiger partial charge in [-0.2, -0.15) is 0 Å². The SMILES string of the molecule is CCSC(Cc1ccccc1)(SCC)C(C)(C)O. The van der Waals surface area contributed by atoms with Gasteiger partial charge in [-0.3, -0.25) is 0 Å². The molecular weight excluding hydrogens is 260 g/mol. The Morgan fingerprint density at radius 2 is 1.50 bits per heavy atom. The van der Waals surface area contributed by atoms with Crippen LogP contribution in [0.5, 0.6) is 0 Å². The molecule has 1 aromatic carbocycles. The van der Waals surface area contributed by atoms with Crippen LogP contribution in [0, 0.1) is 0 Å². The van der Waals surface area contributed by atoms with E-state index in [9.17, 15) is 5.11 Å². The van der Waals surface area contributed by atoms with Crippen LogP contribution >= 0.6 is 23.5 Å². The van der Waals surface area contributed by atoms with Gasteiger partial charge in [0.05, 0.1) is 9.68 Å². The molecule has 1 nitrogen and oxygen atoms in total. The summed E-state index contributed by atoms with van der Waals surface area (Å²) in [6.45, 7) is 8.18. The zero-order chi connectivity index (χ0) is 13.6. The number of aliphatic hydroxyl groups is 1. The number of hydrogen-bond donors (Lipinski definition) is 1. The lowest BCUT2D eigenvalue weighted by molar-refractivity contribution is 0.0671. The molecule has 0 aliphatic heterocycles. The van der Waals surface area contributed by atoms with E-state index in [4.69, 9.17) is 0 Å². The van der Waals surface area contributed by atoms with Gasteiger partial charge in [-0.25, -0.2) is 0 Å². The summed E-state index contributed by atoms with van der Waals surface area (Å²) in [4.78, 5) is 0. The molecule has 0 heterocycles. The van der Waals surface area contributed by atoms with Gasteiger partial charge in [0.2, 0.25) is 0 Å². The van der Waals surface area contributed by atoms with Gasteiger partial charge in [-0.15, -0.1) is 23.5 Å². The van der Waals surface area contributed by atoms with Crippen molar-refractivity contribution in [3.8, 4) is 0 Å². The van der Waals surface area contributed by atoms with Gasteiger partial charge in [0.1, 0.15) is 0 Å². The number of benzene rings is 1. The molecule has 18 heavy (non-hydrogen) atoms. The summed E-state index contributed by atoms with van der Waals surface area (Å²) in [5.74, 6) is 2.04. The van der Waals surface area contributed by atoms with E-state index in [2.05, 4.69) is 38.1 Å². The van der Waals surface area contributed by atoms with E-state index in [1.807, 2.05) is 43.4 Å². The maximum absolute atomic E-state index is 10.6.